The molecule has 0 aliphatic heterocycles. The molecule has 2 N–H and O–H groups in total. The minimum absolute atomic E-state index is 0.192. The molecular formula is C24H22FN3OS. The molecular weight excluding hydrogens is 397 g/mol. The van der Waals surface area contributed by atoms with Crippen LogP contribution < -0.4 is 10.9 Å². The number of para-hydroxylation sites is 1. The molecule has 6 heteroatoms. The van der Waals surface area contributed by atoms with Crippen molar-refractivity contribution in [3.8, 4) is 0 Å². The molecule has 0 fully saturated rings. The summed E-state index contributed by atoms with van der Waals surface area (Å²) in [7, 11) is 0. The fourth-order valence-corrected chi connectivity index (χ4v) is 4.50. The van der Waals surface area contributed by atoms with E-state index in [2.05, 4.69) is 34.9 Å². The van der Waals surface area contributed by atoms with Crippen LogP contribution in [0.5, 0.6) is 0 Å². The van der Waals surface area contributed by atoms with Crippen LogP contribution in [0.3, 0.4) is 0 Å². The van der Waals surface area contributed by atoms with Crippen LogP contribution in [-0.4, -0.2) is 10.9 Å². The van der Waals surface area contributed by atoms with Gasteiger partial charge in [0.1, 0.15) is 5.82 Å². The fraction of sp³-hybridized carbons (Fsp3) is 0.167. The van der Waals surface area contributed by atoms with Gasteiger partial charge in [-0.25, -0.2) is 4.39 Å². The Kier molecular flexibility index (Phi) is 6.05. The van der Waals surface area contributed by atoms with E-state index in [4.69, 9.17) is 0 Å². The SMILES string of the molecule is CCC(Cc1ccnc2ccccc12)c1ccsc1C(=O)NNc1ccc(F)cc1. The van der Waals surface area contributed by atoms with Gasteiger partial charge in [-0.15, -0.1) is 11.3 Å². The molecule has 0 saturated heterocycles. The van der Waals surface area contributed by atoms with Crippen LogP contribution in [0.1, 0.15) is 40.1 Å². The molecule has 1 unspecified atom stereocenters. The summed E-state index contributed by atoms with van der Waals surface area (Å²) in [4.78, 5) is 17.9. The van der Waals surface area contributed by atoms with E-state index in [-0.39, 0.29) is 17.6 Å². The van der Waals surface area contributed by atoms with Crippen molar-refractivity contribution in [2.24, 2.45) is 0 Å². The van der Waals surface area contributed by atoms with Crippen molar-refractivity contribution in [3.05, 3.63) is 94.1 Å². The maximum Gasteiger partial charge on any atom is 0.279 e. The number of aromatic nitrogens is 1. The van der Waals surface area contributed by atoms with E-state index in [9.17, 15) is 9.18 Å². The fourth-order valence-electron chi connectivity index (χ4n) is 3.62. The number of rotatable bonds is 7. The number of halogens is 1. The van der Waals surface area contributed by atoms with E-state index in [1.165, 1.54) is 29.0 Å². The van der Waals surface area contributed by atoms with Gasteiger partial charge in [-0.2, -0.15) is 0 Å². The predicted octanol–water partition coefficient (Wildman–Crippen LogP) is 5.93. The molecule has 2 heterocycles. The van der Waals surface area contributed by atoms with Gasteiger partial charge in [-0.3, -0.25) is 20.6 Å². The second kappa shape index (κ2) is 9.05. The highest BCUT2D eigenvalue weighted by atomic mass is 32.1. The lowest BCUT2D eigenvalue weighted by Gasteiger charge is -2.17. The molecule has 4 nitrogen and oxygen atoms in total. The highest BCUT2D eigenvalue weighted by Gasteiger charge is 2.21. The minimum atomic E-state index is -0.318. The van der Waals surface area contributed by atoms with Crippen molar-refractivity contribution >= 4 is 33.8 Å². The van der Waals surface area contributed by atoms with Crippen LogP contribution in [0.2, 0.25) is 0 Å². The number of amides is 1. The number of benzene rings is 2. The maximum absolute atomic E-state index is 13.0. The minimum Gasteiger partial charge on any atom is -0.298 e. The van der Waals surface area contributed by atoms with E-state index in [0.29, 0.717) is 10.6 Å². The lowest BCUT2D eigenvalue weighted by molar-refractivity contribution is 0.0965. The second-order valence-corrected chi connectivity index (χ2v) is 8.00. The third kappa shape index (κ3) is 4.33. The van der Waals surface area contributed by atoms with Gasteiger partial charge in [0.05, 0.1) is 16.1 Å². The summed E-state index contributed by atoms with van der Waals surface area (Å²) in [6, 6.07) is 18.1. The Labute approximate surface area is 178 Å². The van der Waals surface area contributed by atoms with Crippen LogP contribution in [0.25, 0.3) is 10.9 Å². The van der Waals surface area contributed by atoms with E-state index < -0.39 is 0 Å². The molecule has 30 heavy (non-hydrogen) atoms. The van der Waals surface area contributed by atoms with Crippen molar-refractivity contribution in [1.82, 2.24) is 10.4 Å². The number of hydrazine groups is 1. The smallest absolute Gasteiger partial charge is 0.279 e. The normalized spacial score (nSPS) is 11.9. The largest absolute Gasteiger partial charge is 0.298 e. The van der Waals surface area contributed by atoms with Gasteiger partial charge in [-0.05, 0) is 77.7 Å². The zero-order valence-corrected chi connectivity index (χ0v) is 17.4. The summed E-state index contributed by atoms with van der Waals surface area (Å²) in [5.74, 6) is -0.294. The first-order chi connectivity index (χ1) is 14.7. The van der Waals surface area contributed by atoms with Crippen LogP contribution in [0, 0.1) is 5.82 Å². The molecule has 0 spiro atoms. The van der Waals surface area contributed by atoms with Gasteiger partial charge in [0, 0.05) is 11.6 Å². The highest BCUT2D eigenvalue weighted by molar-refractivity contribution is 7.12. The van der Waals surface area contributed by atoms with Crippen molar-refractivity contribution in [2.75, 3.05) is 5.43 Å². The Morgan fingerprint density at radius 3 is 2.70 bits per heavy atom. The van der Waals surface area contributed by atoms with E-state index >= 15 is 0 Å². The molecule has 2 aromatic heterocycles. The van der Waals surface area contributed by atoms with Gasteiger partial charge < -0.3 is 0 Å². The van der Waals surface area contributed by atoms with Gasteiger partial charge in [-0.1, -0.05) is 25.1 Å². The van der Waals surface area contributed by atoms with Gasteiger partial charge >= 0.3 is 0 Å². The van der Waals surface area contributed by atoms with Gasteiger partial charge in [0.25, 0.3) is 5.91 Å². The van der Waals surface area contributed by atoms with Crippen LogP contribution in [0.15, 0.2) is 72.2 Å². The standard InChI is InChI=1S/C24H22FN3OS/c1-2-16(15-17-11-13-26-22-6-4-3-5-20(17)22)21-12-14-30-23(21)24(29)28-27-19-9-7-18(25)8-10-19/h3-14,16,27H,2,15H2,1H3,(H,28,29). The zero-order valence-electron chi connectivity index (χ0n) is 16.6. The topological polar surface area (TPSA) is 54.0 Å². The molecule has 1 atom stereocenters. The van der Waals surface area contributed by atoms with Gasteiger partial charge in [0.2, 0.25) is 0 Å². The van der Waals surface area contributed by atoms with Crippen LogP contribution in [0.4, 0.5) is 10.1 Å². The van der Waals surface area contributed by atoms with E-state index in [0.717, 1.165) is 29.3 Å². The van der Waals surface area contributed by atoms with Crippen LogP contribution in [-0.2, 0) is 6.42 Å². The summed E-state index contributed by atoms with van der Waals surface area (Å²) >= 11 is 1.43. The number of carbonyl (C=O) groups excluding carboxylic acids is 1. The van der Waals surface area contributed by atoms with Crippen molar-refractivity contribution in [2.45, 2.75) is 25.7 Å². The summed E-state index contributed by atoms with van der Waals surface area (Å²) < 4.78 is 13.0. The summed E-state index contributed by atoms with van der Waals surface area (Å²) in [6.07, 6.45) is 3.60. The van der Waals surface area contributed by atoms with Crippen molar-refractivity contribution < 1.29 is 9.18 Å². The zero-order chi connectivity index (χ0) is 20.9. The molecule has 152 valence electrons. The number of thiophene rings is 1. The molecule has 0 bridgehead atoms. The monoisotopic (exact) mass is 419 g/mol. The molecule has 4 aromatic rings. The Hall–Kier alpha value is -3.25. The number of fused-ring (bicyclic) bond motifs is 1. The first-order valence-corrected chi connectivity index (χ1v) is 10.8. The Bertz CT molecular complexity index is 1150. The number of carbonyl (C=O) groups is 1. The molecule has 0 aliphatic rings. The number of hydrogen-bond donors (Lipinski definition) is 2. The Morgan fingerprint density at radius 2 is 1.90 bits per heavy atom. The lowest BCUT2D eigenvalue weighted by atomic mass is 9.89. The van der Waals surface area contributed by atoms with E-state index in [1.807, 2.05) is 35.8 Å². The molecule has 4 rings (SSSR count). The maximum atomic E-state index is 13.0. The number of anilines is 1. The highest BCUT2D eigenvalue weighted by Crippen LogP contribution is 2.32. The number of pyridine rings is 1. The first kappa shape index (κ1) is 20.0. The average molecular weight is 420 g/mol. The summed E-state index contributed by atoms with van der Waals surface area (Å²) in [5, 5.41) is 3.10. The first-order valence-electron chi connectivity index (χ1n) is 9.87. The van der Waals surface area contributed by atoms with Crippen molar-refractivity contribution in [1.29, 1.82) is 0 Å². The average Bonchev–Trinajstić information content (AvgIpc) is 3.27. The number of hydrogen-bond acceptors (Lipinski definition) is 4. The Balaban J connectivity index is 1.52. The summed E-state index contributed by atoms with van der Waals surface area (Å²) in [6.45, 7) is 2.14. The summed E-state index contributed by atoms with van der Waals surface area (Å²) in [5.41, 5.74) is 9.45. The molecule has 2 aromatic carbocycles. The third-order valence-corrected chi connectivity index (χ3v) is 6.13. The molecule has 1 amide bonds. The quantitative estimate of drug-likeness (QED) is 0.365. The third-order valence-electron chi connectivity index (χ3n) is 5.20. The predicted molar refractivity (Wildman–Crippen MR) is 120 cm³/mol. The second-order valence-electron chi connectivity index (χ2n) is 7.09. The van der Waals surface area contributed by atoms with Crippen molar-refractivity contribution in [3.63, 3.8) is 0 Å². The molecule has 0 saturated carbocycles. The Morgan fingerprint density at radius 1 is 1.10 bits per heavy atom. The number of nitrogens with zero attached hydrogens (tertiary/aromatic N) is 1. The lowest BCUT2D eigenvalue weighted by Crippen LogP contribution is -2.29. The molecule has 0 radical (unpaired) electrons. The van der Waals surface area contributed by atoms with Gasteiger partial charge in [0.15, 0.2) is 0 Å². The van der Waals surface area contributed by atoms with Crippen LogP contribution >= 0.6 is 11.3 Å². The molecule has 0 aliphatic carbocycles. The number of nitrogens with one attached hydrogen (secondary N) is 2. The van der Waals surface area contributed by atoms with E-state index in [1.54, 1.807) is 12.1 Å².